The fraction of sp³-hybridized carbons (Fsp3) is 0.0455. The molecule has 7 nitrogen and oxygen atoms in total. The molecule has 1 amide bonds. The zero-order valence-electron chi connectivity index (χ0n) is 15.4. The highest BCUT2D eigenvalue weighted by molar-refractivity contribution is 5.93. The number of aromatic amines is 1. The molecule has 29 heavy (non-hydrogen) atoms. The third kappa shape index (κ3) is 4.78. The van der Waals surface area contributed by atoms with E-state index in [0.29, 0.717) is 23.8 Å². The molecule has 0 saturated heterocycles. The van der Waals surface area contributed by atoms with Crippen molar-refractivity contribution in [2.75, 3.05) is 0 Å². The predicted octanol–water partition coefficient (Wildman–Crippen LogP) is 4.01. The number of aromatic nitrogens is 2. The minimum Gasteiger partial charge on any atom is -0.489 e. The van der Waals surface area contributed by atoms with Crippen LogP contribution in [0, 0.1) is 0 Å². The molecule has 4 aromatic rings. The standard InChI is InChI=1S/C22H18N4O3/c27-22(26-23-14-19-10-5-11-28-19)21-13-20(24-25-21)17-8-4-9-18(12-17)29-15-16-6-2-1-3-7-16/h1-14H,15H2,(H,24,25)(H,26,27). The van der Waals surface area contributed by atoms with Gasteiger partial charge in [-0.1, -0.05) is 42.5 Å². The first kappa shape index (κ1) is 18.2. The van der Waals surface area contributed by atoms with E-state index in [0.717, 1.165) is 16.9 Å². The Labute approximate surface area is 167 Å². The van der Waals surface area contributed by atoms with Gasteiger partial charge in [0.05, 0.1) is 18.2 Å². The molecule has 2 aromatic heterocycles. The van der Waals surface area contributed by atoms with Crippen LogP contribution in [0.2, 0.25) is 0 Å². The van der Waals surface area contributed by atoms with Crippen LogP contribution < -0.4 is 10.2 Å². The number of hydrazone groups is 1. The van der Waals surface area contributed by atoms with Crippen LogP contribution in [0.1, 0.15) is 21.8 Å². The Morgan fingerprint density at radius 3 is 2.83 bits per heavy atom. The number of carbonyl (C=O) groups is 1. The highest BCUT2D eigenvalue weighted by Gasteiger charge is 2.11. The molecular weight excluding hydrogens is 368 g/mol. The molecule has 2 N–H and O–H groups in total. The second-order valence-corrected chi connectivity index (χ2v) is 6.18. The molecule has 7 heteroatoms. The number of ether oxygens (including phenoxy) is 1. The number of benzene rings is 2. The molecule has 0 atom stereocenters. The van der Waals surface area contributed by atoms with E-state index in [1.807, 2.05) is 54.6 Å². The van der Waals surface area contributed by atoms with E-state index >= 15 is 0 Å². The van der Waals surface area contributed by atoms with Crippen LogP contribution >= 0.6 is 0 Å². The normalized spacial score (nSPS) is 10.9. The van der Waals surface area contributed by atoms with Crippen LogP contribution in [0.15, 0.2) is 88.6 Å². The molecule has 0 radical (unpaired) electrons. The van der Waals surface area contributed by atoms with Crippen molar-refractivity contribution in [1.82, 2.24) is 15.6 Å². The van der Waals surface area contributed by atoms with E-state index in [1.165, 1.54) is 12.5 Å². The van der Waals surface area contributed by atoms with Gasteiger partial charge in [-0.2, -0.15) is 10.2 Å². The fourth-order valence-corrected chi connectivity index (χ4v) is 2.65. The number of nitrogens with one attached hydrogen (secondary N) is 2. The number of H-pyrrole nitrogens is 1. The minimum absolute atomic E-state index is 0.298. The van der Waals surface area contributed by atoms with Crippen molar-refractivity contribution >= 4 is 12.1 Å². The summed E-state index contributed by atoms with van der Waals surface area (Å²) in [6, 6.07) is 22.6. The third-order valence-electron chi connectivity index (χ3n) is 4.10. The maximum atomic E-state index is 12.2. The van der Waals surface area contributed by atoms with E-state index in [9.17, 15) is 4.79 Å². The van der Waals surface area contributed by atoms with Crippen LogP contribution in [-0.4, -0.2) is 22.3 Å². The van der Waals surface area contributed by atoms with E-state index in [-0.39, 0.29) is 0 Å². The van der Waals surface area contributed by atoms with Gasteiger partial charge >= 0.3 is 0 Å². The highest BCUT2D eigenvalue weighted by atomic mass is 16.5. The molecule has 144 valence electrons. The Hall–Kier alpha value is -4.13. The first-order valence-corrected chi connectivity index (χ1v) is 8.97. The van der Waals surface area contributed by atoms with Crippen molar-refractivity contribution in [1.29, 1.82) is 0 Å². The zero-order valence-corrected chi connectivity index (χ0v) is 15.4. The predicted molar refractivity (Wildman–Crippen MR) is 109 cm³/mol. The number of amides is 1. The molecule has 0 saturated carbocycles. The van der Waals surface area contributed by atoms with Crippen molar-refractivity contribution in [2.45, 2.75) is 6.61 Å². The lowest BCUT2D eigenvalue weighted by atomic mass is 10.1. The van der Waals surface area contributed by atoms with Crippen molar-refractivity contribution < 1.29 is 13.9 Å². The van der Waals surface area contributed by atoms with Crippen molar-refractivity contribution in [2.24, 2.45) is 5.10 Å². The SMILES string of the molecule is O=C(NN=Cc1ccco1)c1cc(-c2cccc(OCc3ccccc3)c2)n[nH]1. The summed E-state index contributed by atoms with van der Waals surface area (Å²) >= 11 is 0. The van der Waals surface area contributed by atoms with Gasteiger partial charge in [0, 0.05) is 5.56 Å². The Morgan fingerprint density at radius 2 is 2.00 bits per heavy atom. The summed E-state index contributed by atoms with van der Waals surface area (Å²) < 4.78 is 11.0. The summed E-state index contributed by atoms with van der Waals surface area (Å²) in [5.74, 6) is 0.870. The zero-order chi connectivity index (χ0) is 19.9. The van der Waals surface area contributed by atoms with Gasteiger partial charge in [-0.3, -0.25) is 9.89 Å². The first-order valence-electron chi connectivity index (χ1n) is 8.97. The summed E-state index contributed by atoms with van der Waals surface area (Å²) in [5, 5.41) is 10.8. The van der Waals surface area contributed by atoms with E-state index in [4.69, 9.17) is 9.15 Å². The smallest absolute Gasteiger partial charge is 0.289 e. The Bertz CT molecular complexity index is 1100. The summed E-state index contributed by atoms with van der Waals surface area (Å²) in [7, 11) is 0. The summed E-state index contributed by atoms with van der Waals surface area (Å²) in [4.78, 5) is 12.2. The summed E-state index contributed by atoms with van der Waals surface area (Å²) in [6.45, 7) is 0.478. The lowest BCUT2D eigenvalue weighted by Crippen LogP contribution is -2.17. The van der Waals surface area contributed by atoms with Gasteiger partial charge in [0.1, 0.15) is 23.8 Å². The highest BCUT2D eigenvalue weighted by Crippen LogP contribution is 2.23. The molecule has 0 aliphatic rings. The molecule has 0 aliphatic carbocycles. The van der Waals surface area contributed by atoms with Crippen LogP contribution in [0.5, 0.6) is 5.75 Å². The number of nitrogens with zero attached hydrogens (tertiary/aromatic N) is 2. The van der Waals surface area contributed by atoms with Crippen molar-refractivity contribution in [3.63, 3.8) is 0 Å². The molecule has 0 spiro atoms. The monoisotopic (exact) mass is 386 g/mol. The Balaban J connectivity index is 1.40. The van der Waals surface area contributed by atoms with Crippen LogP contribution in [-0.2, 0) is 6.61 Å². The van der Waals surface area contributed by atoms with Gasteiger partial charge in [0.15, 0.2) is 0 Å². The van der Waals surface area contributed by atoms with Crippen molar-refractivity contribution in [3.8, 4) is 17.0 Å². The van der Waals surface area contributed by atoms with Gasteiger partial charge in [-0.25, -0.2) is 5.43 Å². The molecule has 0 unspecified atom stereocenters. The van der Waals surface area contributed by atoms with Gasteiger partial charge < -0.3 is 9.15 Å². The van der Waals surface area contributed by atoms with Crippen molar-refractivity contribution in [3.05, 3.63) is 96.1 Å². The molecule has 2 aromatic carbocycles. The minimum atomic E-state index is -0.400. The van der Waals surface area contributed by atoms with Crippen LogP contribution in [0.25, 0.3) is 11.3 Å². The summed E-state index contributed by atoms with van der Waals surface area (Å²) in [6.07, 6.45) is 2.95. The largest absolute Gasteiger partial charge is 0.489 e. The number of rotatable bonds is 7. The second kappa shape index (κ2) is 8.71. The maximum Gasteiger partial charge on any atom is 0.289 e. The van der Waals surface area contributed by atoms with E-state index in [1.54, 1.807) is 18.2 Å². The topological polar surface area (TPSA) is 92.5 Å². The van der Waals surface area contributed by atoms with Gasteiger partial charge in [0.25, 0.3) is 5.91 Å². The number of hydrogen-bond acceptors (Lipinski definition) is 5. The Morgan fingerprint density at radius 1 is 1.10 bits per heavy atom. The van der Waals surface area contributed by atoms with E-state index in [2.05, 4.69) is 20.7 Å². The average Bonchev–Trinajstić information content (AvgIpc) is 3.46. The maximum absolute atomic E-state index is 12.2. The number of hydrogen-bond donors (Lipinski definition) is 2. The number of furan rings is 1. The molecule has 4 rings (SSSR count). The Kier molecular flexibility index (Phi) is 5.48. The van der Waals surface area contributed by atoms with Gasteiger partial charge in [-0.15, -0.1) is 0 Å². The van der Waals surface area contributed by atoms with Crippen LogP contribution in [0.4, 0.5) is 0 Å². The first-order chi connectivity index (χ1) is 14.3. The number of carbonyl (C=O) groups excluding carboxylic acids is 1. The fourth-order valence-electron chi connectivity index (χ4n) is 2.65. The second-order valence-electron chi connectivity index (χ2n) is 6.18. The van der Waals surface area contributed by atoms with E-state index < -0.39 is 5.91 Å². The van der Waals surface area contributed by atoms with Crippen LogP contribution in [0.3, 0.4) is 0 Å². The molecular formula is C22H18N4O3. The van der Waals surface area contributed by atoms with Gasteiger partial charge in [-0.05, 0) is 35.9 Å². The third-order valence-corrected chi connectivity index (χ3v) is 4.10. The molecule has 0 fully saturated rings. The van der Waals surface area contributed by atoms with Gasteiger partial charge in [0.2, 0.25) is 0 Å². The average molecular weight is 386 g/mol. The quantitative estimate of drug-likeness (QED) is 0.371. The molecule has 0 bridgehead atoms. The molecule has 2 heterocycles. The summed E-state index contributed by atoms with van der Waals surface area (Å²) in [5.41, 5.74) is 5.29. The lowest BCUT2D eigenvalue weighted by molar-refractivity contribution is 0.0950. The lowest BCUT2D eigenvalue weighted by Gasteiger charge is -2.07. The molecule has 0 aliphatic heterocycles.